The van der Waals surface area contributed by atoms with Crippen molar-refractivity contribution in [1.29, 1.82) is 0 Å². The van der Waals surface area contributed by atoms with Crippen molar-refractivity contribution >= 4 is 27.3 Å². The molecule has 0 fully saturated rings. The molecule has 0 atom stereocenters. The Kier molecular flexibility index (Phi) is 4.51. The predicted molar refractivity (Wildman–Crippen MR) is 81.3 cm³/mol. The highest BCUT2D eigenvalue weighted by atomic mass is 35.5. The lowest BCUT2D eigenvalue weighted by Gasteiger charge is -2.10. The van der Waals surface area contributed by atoms with E-state index in [4.69, 9.17) is 17.3 Å². The largest absolute Gasteiger partial charge is 0.326 e. The summed E-state index contributed by atoms with van der Waals surface area (Å²) >= 11 is 5.96. The van der Waals surface area contributed by atoms with Crippen molar-refractivity contribution in [3.05, 3.63) is 58.4 Å². The van der Waals surface area contributed by atoms with Gasteiger partial charge in [-0.2, -0.15) is 0 Å². The Morgan fingerprint density at radius 3 is 2.52 bits per heavy atom. The average molecular weight is 329 g/mol. The second-order valence-corrected chi connectivity index (χ2v) is 6.67. The molecule has 0 unspecified atom stereocenters. The van der Waals surface area contributed by atoms with Gasteiger partial charge in [0.25, 0.3) is 10.0 Å². The zero-order valence-corrected chi connectivity index (χ0v) is 12.8. The summed E-state index contributed by atoms with van der Waals surface area (Å²) in [4.78, 5) is -0.00776. The van der Waals surface area contributed by atoms with Crippen LogP contribution in [0.4, 0.5) is 10.1 Å². The molecule has 21 heavy (non-hydrogen) atoms. The Balaban J connectivity index is 2.36. The molecule has 2 aromatic carbocycles. The fourth-order valence-electron chi connectivity index (χ4n) is 1.87. The number of sulfonamides is 1. The maximum atomic E-state index is 13.3. The van der Waals surface area contributed by atoms with Gasteiger partial charge in [-0.15, -0.1) is 0 Å². The Hall–Kier alpha value is -1.63. The van der Waals surface area contributed by atoms with Gasteiger partial charge < -0.3 is 5.73 Å². The molecule has 0 aliphatic carbocycles. The molecule has 7 heteroatoms. The van der Waals surface area contributed by atoms with Gasteiger partial charge in [-0.05, 0) is 48.4 Å². The summed E-state index contributed by atoms with van der Waals surface area (Å²) in [5.74, 6) is -0.510. The van der Waals surface area contributed by atoms with E-state index in [0.717, 1.165) is 6.07 Å². The van der Waals surface area contributed by atoms with E-state index >= 15 is 0 Å². The van der Waals surface area contributed by atoms with E-state index < -0.39 is 15.8 Å². The van der Waals surface area contributed by atoms with Crippen LogP contribution in [-0.2, 0) is 16.6 Å². The van der Waals surface area contributed by atoms with Crippen LogP contribution < -0.4 is 10.5 Å². The van der Waals surface area contributed by atoms with Crippen molar-refractivity contribution in [2.45, 2.75) is 18.4 Å². The molecule has 2 rings (SSSR count). The molecule has 0 heterocycles. The quantitative estimate of drug-likeness (QED) is 0.906. The Morgan fingerprint density at radius 2 is 1.95 bits per heavy atom. The zero-order chi connectivity index (χ0) is 15.6. The molecule has 0 aromatic heterocycles. The van der Waals surface area contributed by atoms with E-state index in [-0.39, 0.29) is 22.2 Å². The molecule has 0 radical (unpaired) electrons. The third kappa shape index (κ3) is 3.72. The highest BCUT2D eigenvalue weighted by Crippen LogP contribution is 2.23. The minimum atomic E-state index is -3.84. The van der Waals surface area contributed by atoms with Crippen LogP contribution in [0.2, 0.25) is 5.02 Å². The minimum absolute atomic E-state index is 0.00776. The van der Waals surface area contributed by atoms with E-state index in [9.17, 15) is 12.8 Å². The van der Waals surface area contributed by atoms with Gasteiger partial charge >= 0.3 is 0 Å². The number of aryl methyl sites for hydroxylation is 1. The number of hydrogen-bond donors (Lipinski definition) is 2. The predicted octanol–water partition coefficient (Wildman–Crippen LogP) is 3.05. The molecule has 0 saturated heterocycles. The molecule has 0 aliphatic rings. The van der Waals surface area contributed by atoms with Crippen molar-refractivity contribution in [3.8, 4) is 0 Å². The van der Waals surface area contributed by atoms with Crippen molar-refractivity contribution in [1.82, 2.24) is 0 Å². The van der Waals surface area contributed by atoms with Crippen LogP contribution in [0.25, 0.3) is 0 Å². The highest BCUT2D eigenvalue weighted by Gasteiger charge is 2.16. The maximum Gasteiger partial charge on any atom is 0.261 e. The topological polar surface area (TPSA) is 72.2 Å². The first-order valence-corrected chi connectivity index (χ1v) is 7.96. The molecular formula is C14H14ClFN2O2S. The van der Waals surface area contributed by atoms with E-state index in [1.807, 2.05) is 0 Å². The lowest BCUT2D eigenvalue weighted by molar-refractivity contribution is 0.601. The van der Waals surface area contributed by atoms with Gasteiger partial charge in [0.1, 0.15) is 5.82 Å². The lowest BCUT2D eigenvalue weighted by Crippen LogP contribution is -2.13. The minimum Gasteiger partial charge on any atom is -0.326 e. The number of rotatable bonds is 4. The van der Waals surface area contributed by atoms with Gasteiger partial charge in [0, 0.05) is 11.6 Å². The van der Waals surface area contributed by atoms with Crippen LogP contribution in [0.1, 0.15) is 11.1 Å². The first kappa shape index (κ1) is 15.8. The van der Waals surface area contributed by atoms with Crippen LogP contribution in [0.15, 0.2) is 41.3 Å². The maximum absolute atomic E-state index is 13.3. The normalized spacial score (nSPS) is 11.4. The molecule has 112 valence electrons. The second kappa shape index (κ2) is 6.01. The van der Waals surface area contributed by atoms with Crippen LogP contribution in [0.3, 0.4) is 0 Å². The molecule has 0 bridgehead atoms. The molecule has 0 saturated carbocycles. The van der Waals surface area contributed by atoms with Crippen LogP contribution in [-0.4, -0.2) is 8.42 Å². The van der Waals surface area contributed by atoms with Crippen molar-refractivity contribution in [2.75, 3.05) is 4.72 Å². The highest BCUT2D eigenvalue weighted by molar-refractivity contribution is 7.92. The van der Waals surface area contributed by atoms with Crippen LogP contribution in [0.5, 0.6) is 0 Å². The molecule has 2 aromatic rings. The first-order valence-electron chi connectivity index (χ1n) is 6.10. The van der Waals surface area contributed by atoms with Crippen LogP contribution >= 0.6 is 11.6 Å². The van der Waals surface area contributed by atoms with Gasteiger partial charge in [0.05, 0.1) is 10.6 Å². The number of nitrogens with one attached hydrogen (secondary N) is 1. The average Bonchev–Trinajstić information content (AvgIpc) is 2.36. The summed E-state index contributed by atoms with van der Waals surface area (Å²) in [6, 6.07) is 8.23. The summed E-state index contributed by atoms with van der Waals surface area (Å²) < 4.78 is 40.1. The third-order valence-electron chi connectivity index (χ3n) is 2.85. The van der Waals surface area contributed by atoms with Gasteiger partial charge in [-0.3, -0.25) is 4.72 Å². The van der Waals surface area contributed by atoms with Crippen molar-refractivity contribution < 1.29 is 12.8 Å². The van der Waals surface area contributed by atoms with Gasteiger partial charge in [-0.25, -0.2) is 12.8 Å². The Morgan fingerprint density at radius 1 is 1.24 bits per heavy atom. The van der Waals surface area contributed by atoms with Gasteiger partial charge in [0.2, 0.25) is 0 Å². The number of halogens is 2. The van der Waals surface area contributed by atoms with E-state index in [0.29, 0.717) is 11.1 Å². The van der Waals surface area contributed by atoms with Crippen molar-refractivity contribution in [2.24, 2.45) is 5.73 Å². The van der Waals surface area contributed by atoms with E-state index in [1.54, 1.807) is 13.0 Å². The van der Waals surface area contributed by atoms with E-state index in [1.165, 1.54) is 24.3 Å². The molecule has 0 spiro atoms. The summed E-state index contributed by atoms with van der Waals surface area (Å²) in [5, 5.41) is 0.274. The third-order valence-corrected chi connectivity index (χ3v) is 4.58. The molecule has 3 N–H and O–H groups in total. The molecule has 0 amide bonds. The summed E-state index contributed by atoms with van der Waals surface area (Å²) in [5.41, 5.74) is 6.90. The summed E-state index contributed by atoms with van der Waals surface area (Å²) in [7, 11) is -3.84. The van der Waals surface area contributed by atoms with Gasteiger partial charge in [-0.1, -0.05) is 17.7 Å². The standard InChI is InChI=1S/C14H14ClFN2O2S/c1-9-4-11(16)6-12(5-9)18-21(19,20)13-3-2-10(8-17)14(15)7-13/h2-7,18H,8,17H2,1H3. The Labute approximate surface area is 127 Å². The SMILES string of the molecule is Cc1cc(F)cc(NS(=O)(=O)c2ccc(CN)c(Cl)c2)c1. The molecule has 4 nitrogen and oxygen atoms in total. The zero-order valence-electron chi connectivity index (χ0n) is 11.2. The van der Waals surface area contributed by atoms with Gasteiger partial charge in [0.15, 0.2) is 0 Å². The van der Waals surface area contributed by atoms with Crippen LogP contribution in [0, 0.1) is 12.7 Å². The number of nitrogens with two attached hydrogens (primary N) is 1. The number of hydrogen-bond acceptors (Lipinski definition) is 3. The fraction of sp³-hybridized carbons (Fsp3) is 0.143. The smallest absolute Gasteiger partial charge is 0.261 e. The first-order chi connectivity index (χ1) is 9.81. The second-order valence-electron chi connectivity index (χ2n) is 4.58. The van der Waals surface area contributed by atoms with Crippen molar-refractivity contribution in [3.63, 3.8) is 0 Å². The summed E-state index contributed by atoms with van der Waals surface area (Å²) in [6.07, 6.45) is 0. The molecular weight excluding hydrogens is 315 g/mol. The fourth-order valence-corrected chi connectivity index (χ4v) is 3.26. The monoisotopic (exact) mass is 328 g/mol. The number of anilines is 1. The summed E-state index contributed by atoms with van der Waals surface area (Å²) in [6.45, 7) is 1.89. The number of benzene rings is 2. The lowest BCUT2D eigenvalue weighted by atomic mass is 10.2. The molecule has 0 aliphatic heterocycles. The Bertz CT molecular complexity index is 758. The van der Waals surface area contributed by atoms with E-state index in [2.05, 4.69) is 4.72 Å².